The van der Waals surface area contributed by atoms with E-state index in [1.807, 2.05) is 0 Å². The Morgan fingerprint density at radius 3 is 2.63 bits per heavy atom. The Labute approximate surface area is 175 Å². The molecule has 2 amide bonds. The van der Waals surface area contributed by atoms with Crippen LogP contribution in [0.2, 0.25) is 5.02 Å². The van der Waals surface area contributed by atoms with Crippen molar-refractivity contribution >= 4 is 23.4 Å². The van der Waals surface area contributed by atoms with Crippen LogP contribution in [0.3, 0.4) is 0 Å². The van der Waals surface area contributed by atoms with Crippen molar-refractivity contribution in [2.24, 2.45) is 5.73 Å². The van der Waals surface area contributed by atoms with E-state index in [9.17, 15) is 18.4 Å². The van der Waals surface area contributed by atoms with Crippen molar-refractivity contribution in [1.82, 2.24) is 14.7 Å². The number of hydrogen-bond donors (Lipinski definition) is 1. The largest absolute Gasteiger partial charge is 0.365 e. The monoisotopic (exact) mass is 430 g/mol. The third-order valence-electron chi connectivity index (χ3n) is 5.02. The number of primary amides is 1. The molecule has 0 saturated heterocycles. The number of nitrogens with zero attached hydrogens (tertiary/aromatic N) is 3. The van der Waals surface area contributed by atoms with E-state index in [0.29, 0.717) is 35.6 Å². The summed E-state index contributed by atoms with van der Waals surface area (Å²) in [6, 6.07) is 9.90. The molecule has 1 aliphatic heterocycles. The van der Waals surface area contributed by atoms with Gasteiger partial charge >= 0.3 is 0 Å². The first kappa shape index (κ1) is 20.0. The summed E-state index contributed by atoms with van der Waals surface area (Å²) in [5.74, 6) is -1.89. The Hall–Kier alpha value is -3.26. The number of halogens is 3. The lowest BCUT2D eigenvalue weighted by atomic mass is 10.0. The summed E-state index contributed by atoms with van der Waals surface area (Å²) in [6.07, 6.45) is 0.0399. The van der Waals surface area contributed by atoms with Gasteiger partial charge in [0.1, 0.15) is 17.3 Å². The third-order valence-corrected chi connectivity index (χ3v) is 5.31. The maximum absolute atomic E-state index is 13.5. The highest BCUT2D eigenvalue weighted by Gasteiger charge is 2.29. The first-order valence-electron chi connectivity index (χ1n) is 9.20. The minimum atomic E-state index is -0.703. The molecule has 0 atom stereocenters. The minimum absolute atomic E-state index is 0.0399. The fraction of sp³-hybridized carbons (Fsp3) is 0.190. The molecule has 1 aromatic heterocycles. The van der Waals surface area contributed by atoms with E-state index in [-0.39, 0.29) is 29.5 Å². The first-order chi connectivity index (χ1) is 14.3. The number of benzene rings is 2. The van der Waals surface area contributed by atoms with Crippen molar-refractivity contribution in [2.75, 3.05) is 6.54 Å². The van der Waals surface area contributed by atoms with Gasteiger partial charge in [-0.2, -0.15) is 5.10 Å². The molecule has 0 radical (unpaired) electrons. The Morgan fingerprint density at radius 1 is 1.13 bits per heavy atom. The van der Waals surface area contributed by atoms with Crippen LogP contribution in [0.5, 0.6) is 0 Å². The number of carbonyl (C=O) groups excluding carboxylic acids is 2. The highest BCUT2D eigenvalue weighted by atomic mass is 35.5. The molecule has 0 spiro atoms. The summed E-state index contributed by atoms with van der Waals surface area (Å²) in [5.41, 5.74) is 7.58. The normalized spacial score (nSPS) is 13.2. The van der Waals surface area contributed by atoms with Crippen molar-refractivity contribution in [3.8, 4) is 11.3 Å². The van der Waals surface area contributed by atoms with Crippen LogP contribution in [0.15, 0.2) is 42.5 Å². The molecular weight excluding hydrogens is 414 g/mol. The van der Waals surface area contributed by atoms with Crippen LogP contribution in [0, 0.1) is 11.6 Å². The highest BCUT2D eigenvalue weighted by Crippen LogP contribution is 2.30. The lowest BCUT2D eigenvalue weighted by Crippen LogP contribution is -2.40. The zero-order valence-corrected chi connectivity index (χ0v) is 16.5. The van der Waals surface area contributed by atoms with Crippen molar-refractivity contribution < 1.29 is 18.4 Å². The van der Waals surface area contributed by atoms with Gasteiger partial charge in [-0.25, -0.2) is 8.78 Å². The predicted molar refractivity (Wildman–Crippen MR) is 107 cm³/mol. The van der Waals surface area contributed by atoms with Gasteiger partial charge in [0.05, 0.1) is 35.8 Å². The van der Waals surface area contributed by atoms with Crippen molar-refractivity contribution in [3.63, 3.8) is 0 Å². The van der Waals surface area contributed by atoms with Crippen LogP contribution in [0.4, 0.5) is 8.78 Å². The van der Waals surface area contributed by atoms with E-state index in [0.717, 1.165) is 0 Å². The molecule has 154 valence electrons. The van der Waals surface area contributed by atoms with Crippen LogP contribution < -0.4 is 5.73 Å². The zero-order valence-electron chi connectivity index (χ0n) is 15.7. The molecule has 2 heterocycles. The summed E-state index contributed by atoms with van der Waals surface area (Å²) in [4.78, 5) is 26.5. The molecule has 30 heavy (non-hydrogen) atoms. The van der Waals surface area contributed by atoms with Crippen LogP contribution in [0.25, 0.3) is 11.3 Å². The smallest absolute Gasteiger partial charge is 0.252 e. The molecule has 0 fully saturated rings. The second kappa shape index (κ2) is 7.87. The lowest BCUT2D eigenvalue weighted by Gasteiger charge is -2.28. The summed E-state index contributed by atoms with van der Waals surface area (Å²) in [6.45, 7) is 0.873. The second-order valence-corrected chi connectivity index (χ2v) is 7.42. The number of fused-ring (bicyclic) bond motifs is 1. The Balaban J connectivity index is 1.64. The van der Waals surface area contributed by atoms with E-state index in [2.05, 4.69) is 5.10 Å². The molecule has 2 aromatic carbocycles. The van der Waals surface area contributed by atoms with Crippen LogP contribution in [0.1, 0.15) is 21.6 Å². The van der Waals surface area contributed by atoms with Crippen molar-refractivity contribution in [1.29, 1.82) is 0 Å². The number of amides is 2. The fourth-order valence-electron chi connectivity index (χ4n) is 3.57. The van der Waals surface area contributed by atoms with Crippen LogP contribution in [-0.4, -0.2) is 33.0 Å². The van der Waals surface area contributed by atoms with E-state index >= 15 is 0 Å². The Morgan fingerprint density at radius 2 is 1.93 bits per heavy atom. The van der Waals surface area contributed by atoms with E-state index in [4.69, 9.17) is 17.3 Å². The zero-order chi connectivity index (χ0) is 21.4. The average molecular weight is 431 g/mol. The predicted octanol–water partition coefficient (Wildman–Crippen LogP) is 3.17. The number of aromatic nitrogens is 2. The number of hydrogen-bond acceptors (Lipinski definition) is 3. The summed E-state index contributed by atoms with van der Waals surface area (Å²) >= 11 is 5.87. The molecule has 0 saturated carbocycles. The topological polar surface area (TPSA) is 81.2 Å². The minimum Gasteiger partial charge on any atom is -0.365 e. The van der Waals surface area contributed by atoms with E-state index in [1.165, 1.54) is 30.3 Å². The van der Waals surface area contributed by atoms with Gasteiger partial charge in [0, 0.05) is 12.1 Å². The maximum Gasteiger partial charge on any atom is 0.252 e. The van der Waals surface area contributed by atoms with Gasteiger partial charge in [-0.3, -0.25) is 14.3 Å². The molecule has 6 nitrogen and oxygen atoms in total. The number of carbonyl (C=O) groups is 2. The molecular formula is C21H17ClF2N4O2. The molecule has 3 aromatic rings. The lowest BCUT2D eigenvalue weighted by molar-refractivity contribution is -0.132. The molecule has 9 heteroatoms. The van der Waals surface area contributed by atoms with Gasteiger partial charge in [0.25, 0.3) is 5.91 Å². The quantitative estimate of drug-likeness (QED) is 0.690. The second-order valence-electron chi connectivity index (χ2n) is 7.01. The summed E-state index contributed by atoms with van der Waals surface area (Å²) < 4.78 is 28.5. The van der Waals surface area contributed by atoms with Crippen molar-refractivity contribution in [2.45, 2.75) is 19.5 Å². The van der Waals surface area contributed by atoms with E-state index < -0.39 is 17.5 Å². The number of rotatable bonds is 4. The van der Waals surface area contributed by atoms with Gasteiger partial charge in [-0.15, -0.1) is 0 Å². The van der Waals surface area contributed by atoms with Gasteiger partial charge < -0.3 is 10.6 Å². The van der Waals surface area contributed by atoms with Gasteiger partial charge in [-0.05, 0) is 35.9 Å². The molecule has 4 rings (SSSR count). The SMILES string of the molecule is NC(=O)c1c(-c2ccc(F)c(Cl)c2)nn2c1CN(C(=O)Cc1cccc(F)c1)CC2. The van der Waals surface area contributed by atoms with E-state index in [1.54, 1.807) is 21.7 Å². The van der Waals surface area contributed by atoms with Gasteiger partial charge in [0.2, 0.25) is 5.91 Å². The van der Waals surface area contributed by atoms with Crippen LogP contribution >= 0.6 is 11.6 Å². The van der Waals surface area contributed by atoms with Gasteiger partial charge in [-0.1, -0.05) is 23.7 Å². The molecule has 2 N–H and O–H groups in total. The fourth-order valence-corrected chi connectivity index (χ4v) is 3.75. The maximum atomic E-state index is 13.5. The number of nitrogens with two attached hydrogens (primary N) is 1. The highest BCUT2D eigenvalue weighted by molar-refractivity contribution is 6.31. The average Bonchev–Trinajstić information content (AvgIpc) is 3.09. The molecule has 1 aliphatic rings. The standard InChI is InChI=1S/C21H17ClF2N4O2/c22-15-10-13(4-5-16(15)24)20-19(21(25)30)17-11-27(6-7-28(17)26-20)18(29)9-12-2-1-3-14(23)8-12/h1-5,8,10H,6-7,9,11H2,(H2,25,30). The van der Waals surface area contributed by atoms with Crippen molar-refractivity contribution in [3.05, 3.63) is 75.9 Å². The molecule has 0 aliphatic carbocycles. The summed E-state index contributed by atoms with van der Waals surface area (Å²) in [5, 5.41) is 4.35. The summed E-state index contributed by atoms with van der Waals surface area (Å²) in [7, 11) is 0. The van der Waals surface area contributed by atoms with Crippen LogP contribution in [-0.2, 0) is 24.3 Å². The third kappa shape index (κ3) is 3.78. The Kier molecular flexibility index (Phi) is 5.26. The van der Waals surface area contributed by atoms with Gasteiger partial charge in [0.15, 0.2) is 0 Å². The molecule has 0 bridgehead atoms. The molecule has 0 unspecified atom stereocenters. The Bertz CT molecular complexity index is 1160. The first-order valence-corrected chi connectivity index (χ1v) is 9.58.